The van der Waals surface area contributed by atoms with E-state index in [1.807, 2.05) is 25.2 Å². The van der Waals surface area contributed by atoms with E-state index in [2.05, 4.69) is 5.32 Å². The van der Waals surface area contributed by atoms with Crippen LogP contribution in [0.2, 0.25) is 0 Å². The summed E-state index contributed by atoms with van der Waals surface area (Å²) in [5.74, 6) is 1.63. The Kier molecular flexibility index (Phi) is 5.80. The molecule has 4 heteroatoms. The maximum Gasteiger partial charge on any atom is 0.123 e. The predicted molar refractivity (Wildman–Crippen MR) is 69.6 cm³/mol. The van der Waals surface area contributed by atoms with Gasteiger partial charge >= 0.3 is 0 Å². The molecule has 0 aromatic heterocycles. The quantitative estimate of drug-likeness (QED) is 0.710. The van der Waals surface area contributed by atoms with Gasteiger partial charge in [0, 0.05) is 11.6 Å². The average Bonchev–Trinajstić information content (AvgIpc) is 2.38. The van der Waals surface area contributed by atoms with Gasteiger partial charge in [-0.1, -0.05) is 0 Å². The van der Waals surface area contributed by atoms with Crippen LogP contribution in [0.5, 0.6) is 11.5 Å². The van der Waals surface area contributed by atoms with Gasteiger partial charge in [-0.15, -0.1) is 0 Å². The molecule has 1 rings (SSSR count). The van der Waals surface area contributed by atoms with Crippen LogP contribution in [0.3, 0.4) is 0 Å². The van der Waals surface area contributed by atoms with E-state index in [1.54, 1.807) is 14.2 Å². The molecule has 0 saturated heterocycles. The van der Waals surface area contributed by atoms with Crippen molar-refractivity contribution in [2.45, 2.75) is 18.9 Å². The van der Waals surface area contributed by atoms with Crippen LogP contribution in [0.4, 0.5) is 0 Å². The first-order valence-electron chi connectivity index (χ1n) is 5.85. The van der Waals surface area contributed by atoms with Gasteiger partial charge in [-0.05, 0) is 44.6 Å². The lowest BCUT2D eigenvalue weighted by Gasteiger charge is -2.16. The summed E-state index contributed by atoms with van der Waals surface area (Å²) in [6.07, 6.45) is 1.96. The summed E-state index contributed by atoms with van der Waals surface area (Å²) >= 11 is 0. The Balaban J connectivity index is 2.78. The van der Waals surface area contributed by atoms with E-state index in [9.17, 15) is 0 Å². The number of rotatable bonds is 7. The summed E-state index contributed by atoms with van der Waals surface area (Å²) in [7, 11) is 5.25. The van der Waals surface area contributed by atoms with Gasteiger partial charge in [-0.2, -0.15) is 0 Å². The van der Waals surface area contributed by atoms with Gasteiger partial charge in [0.2, 0.25) is 0 Å². The molecule has 3 N–H and O–H groups in total. The van der Waals surface area contributed by atoms with Crippen molar-refractivity contribution < 1.29 is 9.47 Å². The van der Waals surface area contributed by atoms with Gasteiger partial charge in [0.15, 0.2) is 0 Å². The van der Waals surface area contributed by atoms with Crippen LogP contribution in [0.25, 0.3) is 0 Å². The molecular formula is C13H22N2O2. The molecule has 0 fully saturated rings. The van der Waals surface area contributed by atoms with E-state index in [-0.39, 0.29) is 6.04 Å². The normalized spacial score (nSPS) is 12.2. The van der Waals surface area contributed by atoms with Crippen LogP contribution >= 0.6 is 0 Å². The van der Waals surface area contributed by atoms with Crippen molar-refractivity contribution >= 4 is 0 Å². The predicted octanol–water partition coefficient (Wildman–Crippen LogP) is 1.70. The second-order valence-electron chi connectivity index (χ2n) is 3.96. The van der Waals surface area contributed by atoms with Crippen molar-refractivity contribution in [3.63, 3.8) is 0 Å². The van der Waals surface area contributed by atoms with Crippen LogP contribution in [-0.4, -0.2) is 27.8 Å². The van der Waals surface area contributed by atoms with Crippen LogP contribution < -0.4 is 20.5 Å². The third-order valence-corrected chi connectivity index (χ3v) is 2.78. The molecule has 0 spiro atoms. The second kappa shape index (κ2) is 7.14. The van der Waals surface area contributed by atoms with Crippen molar-refractivity contribution in [2.24, 2.45) is 5.73 Å². The number of nitrogens with two attached hydrogens (primary N) is 1. The molecule has 4 nitrogen and oxygen atoms in total. The Hall–Kier alpha value is -1.26. The van der Waals surface area contributed by atoms with Crippen molar-refractivity contribution in [1.29, 1.82) is 0 Å². The SMILES string of the molecule is CNCCCC(N)c1cc(OC)ccc1OC. The van der Waals surface area contributed by atoms with Gasteiger partial charge in [0.1, 0.15) is 11.5 Å². The van der Waals surface area contributed by atoms with Crippen molar-refractivity contribution in [3.05, 3.63) is 23.8 Å². The third-order valence-electron chi connectivity index (χ3n) is 2.78. The zero-order valence-electron chi connectivity index (χ0n) is 10.8. The molecule has 17 heavy (non-hydrogen) atoms. The monoisotopic (exact) mass is 238 g/mol. The van der Waals surface area contributed by atoms with Gasteiger partial charge in [0.25, 0.3) is 0 Å². The maximum absolute atomic E-state index is 6.17. The van der Waals surface area contributed by atoms with Crippen LogP contribution in [0, 0.1) is 0 Å². The summed E-state index contributed by atoms with van der Waals surface area (Å²) in [6.45, 7) is 0.972. The maximum atomic E-state index is 6.17. The molecule has 1 aromatic carbocycles. The fraction of sp³-hybridized carbons (Fsp3) is 0.538. The first-order valence-corrected chi connectivity index (χ1v) is 5.85. The Morgan fingerprint density at radius 2 is 2.06 bits per heavy atom. The molecular weight excluding hydrogens is 216 g/mol. The second-order valence-corrected chi connectivity index (χ2v) is 3.96. The van der Waals surface area contributed by atoms with Crippen LogP contribution in [0.1, 0.15) is 24.4 Å². The highest BCUT2D eigenvalue weighted by atomic mass is 16.5. The first-order chi connectivity index (χ1) is 8.22. The molecule has 0 bridgehead atoms. The molecule has 0 aliphatic rings. The highest BCUT2D eigenvalue weighted by Crippen LogP contribution is 2.30. The van der Waals surface area contributed by atoms with E-state index in [0.717, 1.165) is 36.4 Å². The minimum atomic E-state index is -0.0200. The van der Waals surface area contributed by atoms with Crippen molar-refractivity contribution in [2.75, 3.05) is 27.8 Å². The summed E-state index contributed by atoms with van der Waals surface area (Å²) in [6, 6.07) is 5.70. The van der Waals surface area contributed by atoms with Gasteiger partial charge in [0.05, 0.1) is 14.2 Å². The Morgan fingerprint density at radius 1 is 1.29 bits per heavy atom. The highest BCUT2D eigenvalue weighted by Gasteiger charge is 2.12. The fourth-order valence-electron chi connectivity index (χ4n) is 1.78. The number of hydrogen-bond donors (Lipinski definition) is 2. The third kappa shape index (κ3) is 3.91. The van der Waals surface area contributed by atoms with Gasteiger partial charge in [-0.25, -0.2) is 0 Å². The zero-order chi connectivity index (χ0) is 12.7. The highest BCUT2D eigenvalue weighted by molar-refractivity contribution is 5.42. The summed E-state index contributed by atoms with van der Waals surface area (Å²) in [5, 5.41) is 3.11. The van der Waals surface area contributed by atoms with E-state index in [0.29, 0.717) is 0 Å². The average molecular weight is 238 g/mol. The van der Waals surface area contributed by atoms with E-state index >= 15 is 0 Å². The minimum absolute atomic E-state index is 0.0200. The topological polar surface area (TPSA) is 56.5 Å². The lowest BCUT2D eigenvalue weighted by atomic mass is 10.0. The van der Waals surface area contributed by atoms with E-state index in [1.165, 1.54) is 0 Å². The Labute approximate surface area is 103 Å². The number of methoxy groups -OCH3 is 2. The Bertz CT molecular complexity index is 342. The molecule has 96 valence electrons. The van der Waals surface area contributed by atoms with Crippen LogP contribution in [0.15, 0.2) is 18.2 Å². The van der Waals surface area contributed by atoms with Gasteiger partial charge < -0.3 is 20.5 Å². The molecule has 0 radical (unpaired) electrons. The van der Waals surface area contributed by atoms with Crippen LogP contribution in [-0.2, 0) is 0 Å². The molecule has 0 aliphatic heterocycles. The molecule has 0 heterocycles. The van der Waals surface area contributed by atoms with E-state index in [4.69, 9.17) is 15.2 Å². The first kappa shape index (κ1) is 13.8. The number of nitrogens with one attached hydrogen (secondary N) is 1. The smallest absolute Gasteiger partial charge is 0.123 e. The molecule has 1 aromatic rings. The molecule has 1 atom stereocenters. The summed E-state index contributed by atoms with van der Waals surface area (Å²) in [5.41, 5.74) is 7.18. The standard InChI is InChI=1S/C13H22N2O2/c1-15-8-4-5-12(14)11-9-10(16-2)6-7-13(11)17-3/h6-7,9,12,15H,4-5,8,14H2,1-3H3. The Morgan fingerprint density at radius 3 is 2.65 bits per heavy atom. The number of hydrogen-bond acceptors (Lipinski definition) is 4. The van der Waals surface area contributed by atoms with Gasteiger partial charge in [-0.3, -0.25) is 0 Å². The molecule has 0 aliphatic carbocycles. The zero-order valence-corrected chi connectivity index (χ0v) is 10.8. The number of ether oxygens (including phenoxy) is 2. The van der Waals surface area contributed by atoms with Crippen molar-refractivity contribution in [3.8, 4) is 11.5 Å². The summed E-state index contributed by atoms with van der Waals surface area (Å²) in [4.78, 5) is 0. The molecule has 1 unspecified atom stereocenters. The fourth-order valence-corrected chi connectivity index (χ4v) is 1.78. The largest absolute Gasteiger partial charge is 0.497 e. The molecule has 0 amide bonds. The lowest BCUT2D eigenvalue weighted by molar-refractivity contribution is 0.393. The van der Waals surface area contributed by atoms with Crippen molar-refractivity contribution in [1.82, 2.24) is 5.32 Å². The van der Waals surface area contributed by atoms with E-state index < -0.39 is 0 Å². The lowest BCUT2D eigenvalue weighted by Crippen LogP contribution is -2.15. The summed E-state index contributed by atoms with van der Waals surface area (Å²) < 4.78 is 10.5. The molecule has 0 saturated carbocycles. The minimum Gasteiger partial charge on any atom is -0.497 e. The number of benzene rings is 1.